The number of likely N-dealkylation sites (N-methyl/N-ethyl adjacent to an activating group) is 1. The van der Waals surface area contributed by atoms with Gasteiger partial charge in [0.2, 0.25) is 0 Å². The fraction of sp³-hybridized carbons (Fsp3) is 0.562. The van der Waals surface area contributed by atoms with Crippen LogP contribution in [0.1, 0.15) is 31.1 Å². The predicted octanol–water partition coefficient (Wildman–Crippen LogP) is 1.52. The van der Waals surface area contributed by atoms with Gasteiger partial charge in [-0.25, -0.2) is 4.79 Å². The van der Waals surface area contributed by atoms with Crippen LogP contribution in [-0.4, -0.2) is 56.8 Å². The van der Waals surface area contributed by atoms with E-state index in [1.807, 2.05) is 11.9 Å². The minimum atomic E-state index is -1.83. The fourth-order valence-corrected chi connectivity index (χ4v) is 2.95. The minimum absolute atomic E-state index is 0.0211. The van der Waals surface area contributed by atoms with Gasteiger partial charge in [-0.15, -0.1) is 0 Å². The molecule has 0 heterocycles. The third-order valence-corrected chi connectivity index (χ3v) is 9.16. The molecule has 1 aromatic rings. The van der Waals surface area contributed by atoms with Crippen molar-refractivity contribution in [2.45, 2.75) is 38.9 Å². The van der Waals surface area contributed by atoms with E-state index in [9.17, 15) is 14.8 Å². The quantitative estimate of drug-likeness (QED) is 0.644. The van der Waals surface area contributed by atoms with Crippen molar-refractivity contribution in [1.82, 2.24) is 0 Å². The lowest BCUT2D eigenvalue weighted by atomic mass is 9.79. The topological polar surface area (TPSA) is 90.2 Å². The van der Waals surface area contributed by atoms with Gasteiger partial charge in [-0.3, -0.25) is 0 Å². The number of aromatic carboxylic acids is 1. The first-order valence-electron chi connectivity index (χ1n) is 7.94. The molecule has 6 nitrogen and oxygen atoms in total. The average molecular weight is 353 g/mol. The van der Waals surface area contributed by atoms with Crippen molar-refractivity contribution < 1.29 is 24.4 Å². The van der Waals surface area contributed by atoms with Crippen LogP contribution in [-0.2, 0) is 4.43 Å². The fourth-order valence-electron chi connectivity index (χ4n) is 1.91. The molecule has 0 saturated carbocycles. The first kappa shape index (κ1) is 20.7. The summed E-state index contributed by atoms with van der Waals surface area (Å²) >= 11 is 0. The molecular formula is C16H28BNO5Si. The summed E-state index contributed by atoms with van der Waals surface area (Å²) in [5.41, 5.74) is 0.784. The molecule has 1 rings (SSSR count). The van der Waals surface area contributed by atoms with Crippen LogP contribution in [0, 0.1) is 0 Å². The van der Waals surface area contributed by atoms with E-state index in [-0.39, 0.29) is 16.1 Å². The molecule has 3 N–H and O–H groups in total. The molecule has 0 unspecified atom stereocenters. The molecule has 0 radical (unpaired) electrons. The van der Waals surface area contributed by atoms with Gasteiger partial charge in [0.1, 0.15) is 0 Å². The summed E-state index contributed by atoms with van der Waals surface area (Å²) in [6.45, 7) is 12.0. The van der Waals surface area contributed by atoms with Crippen LogP contribution < -0.4 is 10.4 Å². The zero-order valence-corrected chi connectivity index (χ0v) is 16.3. The average Bonchev–Trinajstić information content (AvgIpc) is 2.45. The van der Waals surface area contributed by atoms with Crippen molar-refractivity contribution in [2.24, 2.45) is 0 Å². The van der Waals surface area contributed by atoms with Gasteiger partial charge < -0.3 is 24.5 Å². The van der Waals surface area contributed by atoms with Gasteiger partial charge in [0.05, 0.1) is 12.2 Å². The SMILES string of the molecule is CN(CCO[Si](C)(C)C(C)(C)C)c1cc(B(O)O)cc(C(=O)O)c1. The van der Waals surface area contributed by atoms with Crippen molar-refractivity contribution >= 4 is 32.6 Å². The Bertz CT molecular complexity index is 586. The highest BCUT2D eigenvalue weighted by molar-refractivity contribution is 6.74. The molecule has 0 saturated heterocycles. The molecule has 0 bridgehead atoms. The first-order chi connectivity index (χ1) is 10.8. The molecule has 0 aliphatic rings. The van der Waals surface area contributed by atoms with Gasteiger partial charge in [0.15, 0.2) is 8.32 Å². The highest BCUT2D eigenvalue weighted by atomic mass is 28.4. The van der Waals surface area contributed by atoms with Crippen LogP contribution in [0.25, 0.3) is 0 Å². The Morgan fingerprint density at radius 3 is 2.29 bits per heavy atom. The molecular weight excluding hydrogens is 325 g/mol. The Kier molecular flexibility index (Phi) is 6.63. The molecule has 0 fully saturated rings. The van der Waals surface area contributed by atoms with Crippen LogP contribution >= 0.6 is 0 Å². The largest absolute Gasteiger partial charge is 0.488 e. The maximum atomic E-state index is 11.2. The first-order valence-corrected chi connectivity index (χ1v) is 10.9. The number of carboxylic acids is 1. The number of hydrogen-bond acceptors (Lipinski definition) is 5. The highest BCUT2D eigenvalue weighted by Crippen LogP contribution is 2.36. The molecule has 0 aliphatic carbocycles. The third kappa shape index (κ3) is 5.34. The Balaban J connectivity index is 2.84. The van der Waals surface area contributed by atoms with E-state index >= 15 is 0 Å². The maximum absolute atomic E-state index is 11.2. The van der Waals surface area contributed by atoms with E-state index in [4.69, 9.17) is 9.53 Å². The standard InChI is InChI=1S/C16H28BNO5Si/c1-16(2,3)24(5,6)23-8-7-18(4)14-10-12(15(19)20)9-13(11-14)17(21)22/h9-11,21-22H,7-8H2,1-6H3,(H,19,20). The Morgan fingerprint density at radius 2 is 1.83 bits per heavy atom. The predicted molar refractivity (Wildman–Crippen MR) is 99.6 cm³/mol. The molecule has 0 amide bonds. The molecule has 24 heavy (non-hydrogen) atoms. The summed E-state index contributed by atoms with van der Waals surface area (Å²) in [4.78, 5) is 13.1. The molecule has 1 aromatic carbocycles. The number of carboxylic acid groups (broad SMARTS) is 1. The molecule has 134 valence electrons. The smallest absolute Gasteiger partial charge is 0.478 e. The highest BCUT2D eigenvalue weighted by Gasteiger charge is 2.36. The second-order valence-electron chi connectivity index (χ2n) is 7.52. The van der Waals surface area contributed by atoms with Gasteiger partial charge in [-0.1, -0.05) is 20.8 Å². The summed E-state index contributed by atoms with van der Waals surface area (Å²) < 4.78 is 6.12. The number of nitrogens with zero attached hydrogens (tertiary/aromatic N) is 1. The Morgan fingerprint density at radius 1 is 1.25 bits per heavy atom. The molecule has 0 aromatic heterocycles. The zero-order chi connectivity index (χ0) is 18.7. The second kappa shape index (κ2) is 7.69. The van der Waals surface area contributed by atoms with Crippen molar-refractivity contribution in [3.63, 3.8) is 0 Å². The van der Waals surface area contributed by atoms with E-state index in [0.29, 0.717) is 18.8 Å². The molecule has 8 heteroatoms. The van der Waals surface area contributed by atoms with Crippen LogP contribution in [0.5, 0.6) is 0 Å². The third-order valence-electron chi connectivity index (χ3n) is 4.62. The molecule has 0 spiro atoms. The van der Waals surface area contributed by atoms with E-state index in [1.54, 1.807) is 6.07 Å². The lowest BCUT2D eigenvalue weighted by Gasteiger charge is -2.36. The van der Waals surface area contributed by atoms with Crippen LogP contribution in [0.15, 0.2) is 18.2 Å². The summed E-state index contributed by atoms with van der Waals surface area (Å²) in [5.74, 6) is -1.11. The zero-order valence-electron chi connectivity index (χ0n) is 15.3. The van der Waals surface area contributed by atoms with Gasteiger partial charge in [-0.05, 0) is 41.8 Å². The van der Waals surface area contributed by atoms with Crippen LogP contribution in [0.4, 0.5) is 5.69 Å². The summed E-state index contributed by atoms with van der Waals surface area (Å²) in [6, 6.07) is 4.35. The number of anilines is 1. The van der Waals surface area contributed by atoms with Gasteiger partial charge in [0, 0.05) is 19.3 Å². The number of carbonyl (C=O) groups is 1. The van der Waals surface area contributed by atoms with E-state index < -0.39 is 21.4 Å². The normalized spacial score (nSPS) is 12.2. The summed E-state index contributed by atoms with van der Waals surface area (Å²) in [6.07, 6.45) is 0. The monoisotopic (exact) mass is 353 g/mol. The van der Waals surface area contributed by atoms with Crippen molar-refractivity contribution in [1.29, 1.82) is 0 Å². The molecule has 0 aliphatic heterocycles. The summed E-state index contributed by atoms with van der Waals surface area (Å²) in [7, 11) is -1.72. The van der Waals surface area contributed by atoms with Crippen molar-refractivity contribution in [3.05, 3.63) is 23.8 Å². The van der Waals surface area contributed by atoms with E-state index in [0.717, 1.165) is 0 Å². The van der Waals surface area contributed by atoms with Crippen LogP contribution in [0.3, 0.4) is 0 Å². The Labute approximate surface area is 145 Å². The Hall–Kier alpha value is -1.35. The minimum Gasteiger partial charge on any atom is -0.478 e. The number of rotatable bonds is 7. The van der Waals surface area contributed by atoms with Crippen LogP contribution in [0.2, 0.25) is 18.1 Å². The number of hydrogen-bond donors (Lipinski definition) is 3. The van der Waals surface area contributed by atoms with E-state index in [1.165, 1.54) is 12.1 Å². The maximum Gasteiger partial charge on any atom is 0.488 e. The van der Waals surface area contributed by atoms with Gasteiger partial charge in [0.25, 0.3) is 0 Å². The second-order valence-corrected chi connectivity index (χ2v) is 12.3. The van der Waals surface area contributed by atoms with Crippen molar-refractivity contribution in [2.75, 3.05) is 25.1 Å². The van der Waals surface area contributed by atoms with Gasteiger partial charge >= 0.3 is 13.1 Å². The number of benzene rings is 1. The van der Waals surface area contributed by atoms with E-state index in [2.05, 4.69) is 33.9 Å². The summed E-state index contributed by atoms with van der Waals surface area (Å²) in [5, 5.41) is 28.0. The van der Waals surface area contributed by atoms with Gasteiger partial charge in [-0.2, -0.15) is 0 Å². The lowest BCUT2D eigenvalue weighted by molar-refractivity contribution is 0.0697. The molecule has 0 atom stereocenters. The lowest BCUT2D eigenvalue weighted by Crippen LogP contribution is -2.42. The van der Waals surface area contributed by atoms with Crippen molar-refractivity contribution in [3.8, 4) is 0 Å².